The molecule has 2 saturated heterocycles. The van der Waals surface area contributed by atoms with Gasteiger partial charge in [0.2, 0.25) is 5.91 Å². The molecule has 26 heavy (non-hydrogen) atoms. The number of ether oxygens (including phenoxy) is 1. The first-order valence-corrected chi connectivity index (χ1v) is 9.37. The Labute approximate surface area is 156 Å². The third-order valence-corrected chi connectivity index (χ3v) is 5.11. The molecule has 0 bridgehead atoms. The van der Waals surface area contributed by atoms with E-state index in [9.17, 15) is 14.7 Å². The number of likely N-dealkylation sites (N-methyl/N-ethyl adjacent to an activating group) is 1. The van der Waals surface area contributed by atoms with Gasteiger partial charge in [0.15, 0.2) is 0 Å². The molecule has 2 rings (SSSR count). The van der Waals surface area contributed by atoms with Gasteiger partial charge >= 0.3 is 5.97 Å². The van der Waals surface area contributed by atoms with E-state index in [-0.39, 0.29) is 17.7 Å². The van der Waals surface area contributed by atoms with Crippen LogP contribution >= 0.6 is 0 Å². The standard InChI is InChI=1S/C19H31N3O4/c1-15(2)17(19(24)25)20(3)18(23)16-6-9-22(14-16)8-5-4-7-21-10-12-26-13-11-21/h15-17H,6-14H2,1-3H3,(H,24,25)/t16-,17-/m0/s1. The quantitative estimate of drug-likeness (QED) is 0.679. The van der Waals surface area contributed by atoms with E-state index in [1.165, 1.54) is 4.90 Å². The molecule has 2 aliphatic rings. The lowest BCUT2D eigenvalue weighted by Gasteiger charge is -2.29. The SMILES string of the molecule is CC(C)[C@@H](C(=O)O)N(C)C(=O)[C@H]1CCN(CC#CCN2CCOCC2)C1. The van der Waals surface area contributed by atoms with E-state index in [4.69, 9.17) is 4.74 Å². The highest BCUT2D eigenvalue weighted by molar-refractivity contribution is 5.85. The summed E-state index contributed by atoms with van der Waals surface area (Å²) in [5.41, 5.74) is 0. The van der Waals surface area contributed by atoms with Crippen molar-refractivity contribution in [2.24, 2.45) is 11.8 Å². The Kier molecular flexibility index (Phi) is 7.88. The molecule has 0 aromatic carbocycles. The lowest BCUT2D eigenvalue weighted by atomic mass is 10.0. The molecule has 1 N–H and O–H groups in total. The topological polar surface area (TPSA) is 73.3 Å². The zero-order chi connectivity index (χ0) is 19.1. The van der Waals surface area contributed by atoms with Crippen molar-refractivity contribution in [1.29, 1.82) is 0 Å². The predicted molar refractivity (Wildman–Crippen MR) is 98.6 cm³/mol. The van der Waals surface area contributed by atoms with Crippen molar-refractivity contribution in [3.8, 4) is 11.8 Å². The van der Waals surface area contributed by atoms with E-state index in [1.807, 2.05) is 13.8 Å². The van der Waals surface area contributed by atoms with Gasteiger partial charge in [-0.15, -0.1) is 0 Å². The second-order valence-corrected chi connectivity index (χ2v) is 7.44. The van der Waals surface area contributed by atoms with Crippen LogP contribution in [0.2, 0.25) is 0 Å². The first-order valence-electron chi connectivity index (χ1n) is 9.37. The molecule has 7 heteroatoms. The van der Waals surface area contributed by atoms with Crippen molar-refractivity contribution in [3.05, 3.63) is 0 Å². The van der Waals surface area contributed by atoms with E-state index in [1.54, 1.807) is 7.05 Å². The van der Waals surface area contributed by atoms with Crippen LogP contribution in [0.3, 0.4) is 0 Å². The van der Waals surface area contributed by atoms with Crippen molar-refractivity contribution in [1.82, 2.24) is 14.7 Å². The predicted octanol–water partition coefficient (Wildman–Crippen LogP) is 0.212. The number of carboxylic acid groups (broad SMARTS) is 1. The van der Waals surface area contributed by atoms with Crippen LogP contribution < -0.4 is 0 Å². The second-order valence-electron chi connectivity index (χ2n) is 7.44. The largest absolute Gasteiger partial charge is 0.480 e. The van der Waals surface area contributed by atoms with Gasteiger partial charge in [-0.2, -0.15) is 0 Å². The number of rotatable bonds is 6. The molecule has 146 valence electrons. The molecule has 0 radical (unpaired) electrons. The summed E-state index contributed by atoms with van der Waals surface area (Å²) in [7, 11) is 1.60. The van der Waals surface area contributed by atoms with Gasteiger partial charge in [0.1, 0.15) is 6.04 Å². The highest BCUT2D eigenvalue weighted by Gasteiger charge is 2.35. The number of morpholine rings is 1. The zero-order valence-electron chi connectivity index (χ0n) is 16.1. The summed E-state index contributed by atoms with van der Waals surface area (Å²) in [5, 5.41) is 9.37. The van der Waals surface area contributed by atoms with E-state index >= 15 is 0 Å². The smallest absolute Gasteiger partial charge is 0.326 e. The molecule has 2 fully saturated rings. The van der Waals surface area contributed by atoms with Crippen LogP contribution in [0.1, 0.15) is 20.3 Å². The van der Waals surface area contributed by atoms with Crippen molar-refractivity contribution >= 4 is 11.9 Å². The van der Waals surface area contributed by atoms with E-state index in [0.717, 1.165) is 45.8 Å². The Morgan fingerprint density at radius 2 is 1.77 bits per heavy atom. The molecule has 2 aliphatic heterocycles. The first kappa shape index (κ1) is 20.7. The number of likely N-dealkylation sites (tertiary alicyclic amines) is 1. The first-order chi connectivity index (χ1) is 12.4. The molecule has 0 spiro atoms. The van der Waals surface area contributed by atoms with Gasteiger partial charge in [0, 0.05) is 26.7 Å². The molecule has 2 heterocycles. The maximum Gasteiger partial charge on any atom is 0.326 e. The third-order valence-electron chi connectivity index (χ3n) is 5.11. The number of carbonyl (C=O) groups is 2. The lowest BCUT2D eigenvalue weighted by Crippen LogP contribution is -2.48. The molecule has 0 aromatic rings. The van der Waals surface area contributed by atoms with Crippen molar-refractivity contribution in [2.75, 3.05) is 59.5 Å². The monoisotopic (exact) mass is 365 g/mol. The minimum atomic E-state index is -0.945. The summed E-state index contributed by atoms with van der Waals surface area (Å²) >= 11 is 0. The van der Waals surface area contributed by atoms with Gasteiger partial charge in [0.05, 0.1) is 32.2 Å². The average molecular weight is 365 g/mol. The number of amides is 1. The van der Waals surface area contributed by atoms with Gasteiger partial charge < -0.3 is 14.7 Å². The fraction of sp³-hybridized carbons (Fsp3) is 0.789. The number of hydrogen-bond acceptors (Lipinski definition) is 5. The van der Waals surface area contributed by atoms with Crippen molar-refractivity contribution < 1.29 is 19.4 Å². The van der Waals surface area contributed by atoms with E-state index < -0.39 is 12.0 Å². The van der Waals surface area contributed by atoms with Gasteiger partial charge in [-0.1, -0.05) is 25.7 Å². The maximum atomic E-state index is 12.7. The summed E-state index contributed by atoms with van der Waals surface area (Å²) in [6, 6.07) is -0.773. The fourth-order valence-corrected chi connectivity index (χ4v) is 3.60. The third kappa shape index (κ3) is 5.70. The Hall–Kier alpha value is -1.62. The number of aliphatic carboxylic acids is 1. The summed E-state index contributed by atoms with van der Waals surface area (Å²) in [4.78, 5) is 30.0. The number of carbonyl (C=O) groups excluding carboxylic acids is 1. The summed E-state index contributed by atoms with van der Waals surface area (Å²) in [6.07, 6.45) is 0.763. The molecule has 2 atom stereocenters. The van der Waals surface area contributed by atoms with Crippen LogP contribution in [0.5, 0.6) is 0 Å². The Morgan fingerprint density at radius 3 is 2.35 bits per heavy atom. The summed E-state index contributed by atoms with van der Waals surface area (Å²) in [6.45, 7) is 9.97. The number of carboxylic acids is 1. The van der Waals surface area contributed by atoms with Gasteiger partial charge in [0.25, 0.3) is 0 Å². The van der Waals surface area contributed by atoms with Crippen LogP contribution in [0.15, 0.2) is 0 Å². The molecule has 0 aromatic heterocycles. The van der Waals surface area contributed by atoms with Gasteiger partial charge in [-0.3, -0.25) is 14.6 Å². The van der Waals surface area contributed by atoms with Crippen molar-refractivity contribution in [3.63, 3.8) is 0 Å². The minimum absolute atomic E-state index is 0.0742. The Morgan fingerprint density at radius 1 is 1.15 bits per heavy atom. The summed E-state index contributed by atoms with van der Waals surface area (Å²) < 4.78 is 5.32. The fourth-order valence-electron chi connectivity index (χ4n) is 3.60. The van der Waals surface area contributed by atoms with E-state index in [0.29, 0.717) is 13.1 Å². The second kappa shape index (κ2) is 9.91. The van der Waals surface area contributed by atoms with E-state index in [2.05, 4.69) is 21.6 Å². The molecule has 0 unspecified atom stereocenters. The average Bonchev–Trinajstić information content (AvgIpc) is 3.07. The Balaban J connectivity index is 1.78. The molecule has 0 aliphatic carbocycles. The van der Waals surface area contributed by atoms with Crippen LogP contribution in [0, 0.1) is 23.7 Å². The number of hydrogen-bond donors (Lipinski definition) is 1. The maximum absolute atomic E-state index is 12.7. The van der Waals surface area contributed by atoms with Crippen LogP contribution in [-0.4, -0.2) is 97.3 Å². The van der Waals surface area contributed by atoms with Crippen LogP contribution in [-0.2, 0) is 14.3 Å². The molecule has 0 saturated carbocycles. The lowest BCUT2D eigenvalue weighted by molar-refractivity contribution is -0.152. The number of nitrogens with zero attached hydrogens (tertiary/aromatic N) is 3. The molecule has 1 amide bonds. The molecular weight excluding hydrogens is 334 g/mol. The summed E-state index contributed by atoms with van der Waals surface area (Å²) in [5.74, 6) is 5.12. The van der Waals surface area contributed by atoms with Crippen molar-refractivity contribution in [2.45, 2.75) is 26.3 Å². The minimum Gasteiger partial charge on any atom is -0.480 e. The zero-order valence-corrected chi connectivity index (χ0v) is 16.1. The highest BCUT2D eigenvalue weighted by Crippen LogP contribution is 2.20. The highest BCUT2D eigenvalue weighted by atomic mass is 16.5. The van der Waals surface area contributed by atoms with Crippen LogP contribution in [0.4, 0.5) is 0 Å². The Bertz CT molecular complexity index is 549. The molecule has 7 nitrogen and oxygen atoms in total. The normalized spacial score (nSPS) is 22.7. The van der Waals surface area contributed by atoms with Crippen LogP contribution in [0.25, 0.3) is 0 Å². The van der Waals surface area contributed by atoms with Gasteiger partial charge in [-0.25, -0.2) is 4.79 Å². The van der Waals surface area contributed by atoms with Gasteiger partial charge in [-0.05, 0) is 18.9 Å². The molecular formula is C19H31N3O4.